The lowest BCUT2D eigenvalue weighted by Crippen LogP contribution is -2.52. The van der Waals surface area contributed by atoms with Crippen molar-refractivity contribution in [2.45, 2.75) is 62.6 Å². The van der Waals surface area contributed by atoms with E-state index in [-0.39, 0.29) is 107 Å². The highest BCUT2D eigenvalue weighted by Crippen LogP contribution is 2.68. The van der Waals surface area contributed by atoms with Crippen LogP contribution in [-0.4, -0.2) is 49.1 Å². The number of carbonyl (C=O) groups is 1. The van der Waals surface area contributed by atoms with Crippen molar-refractivity contribution in [2.75, 3.05) is 6.73 Å². The van der Waals surface area contributed by atoms with Crippen molar-refractivity contribution in [3.63, 3.8) is 0 Å². The Bertz CT molecular complexity index is 2310. The zero-order chi connectivity index (χ0) is 40.1. The van der Waals surface area contributed by atoms with Crippen LogP contribution in [0, 0.1) is 35.5 Å². The molecule has 0 aliphatic heterocycles. The van der Waals surface area contributed by atoms with E-state index < -0.39 is 12.0 Å². The maximum atomic E-state index is 14.6. The number of H-pyrrole nitrogens is 1. The summed E-state index contributed by atoms with van der Waals surface area (Å²) in [6.45, 7) is -0.0285. The minimum Gasteiger partial charge on any atom is -0.508 e. The molecule has 4 aromatic carbocycles. The Morgan fingerprint density at radius 2 is 1.66 bits per heavy atom. The third-order valence-corrected chi connectivity index (χ3v) is 13.7. The van der Waals surface area contributed by atoms with E-state index in [4.69, 9.17) is 15.2 Å². The number of ether oxygens (including phenoxy) is 2. The number of hydrogen-bond acceptors (Lipinski definition) is 9. The monoisotopic (exact) mass is 782 g/mol. The van der Waals surface area contributed by atoms with E-state index >= 15 is 0 Å². The highest BCUT2D eigenvalue weighted by molar-refractivity contribution is 5.82. The lowest BCUT2D eigenvalue weighted by atomic mass is 9.52. The molecule has 9 rings (SSSR count). The summed E-state index contributed by atoms with van der Waals surface area (Å²) >= 11 is 0. The van der Waals surface area contributed by atoms with Crippen molar-refractivity contribution in [1.82, 2.24) is 4.98 Å². The molecule has 0 amide bonds. The fraction of sp³-hybridized carbons (Fsp3) is 0.354. The van der Waals surface area contributed by atoms with Gasteiger partial charge in [-0.15, -0.1) is 0 Å². The van der Waals surface area contributed by atoms with Gasteiger partial charge < -0.3 is 40.0 Å². The van der Waals surface area contributed by atoms with Gasteiger partial charge >= 0.3 is 0 Å². The van der Waals surface area contributed by atoms with Crippen LogP contribution in [0.1, 0.15) is 70.4 Å². The highest BCUT2D eigenvalue weighted by Gasteiger charge is 2.61. The van der Waals surface area contributed by atoms with Crippen molar-refractivity contribution in [3.8, 4) is 34.5 Å². The third kappa shape index (κ3) is 6.78. The number of ketones is 1. The van der Waals surface area contributed by atoms with E-state index in [1.807, 2.05) is 36.7 Å². The largest absolute Gasteiger partial charge is 0.508 e. The Hall–Kier alpha value is -5.71. The van der Waals surface area contributed by atoms with Gasteiger partial charge in [0.2, 0.25) is 5.75 Å². The summed E-state index contributed by atoms with van der Waals surface area (Å²) in [6, 6.07) is 25.9. The number of Topliss-reactive ketones (excluding diaryl/α,β-unsaturated/α-hetero) is 1. The van der Waals surface area contributed by atoms with E-state index in [1.54, 1.807) is 42.5 Å². The number of rotatable bonds is 12. The number of benzene rings is 4. The van der Waals surface area contributed by atoms with Crippen LogP contribution in [0.5, 0.6) is 34.5 Å². The molecule has 10 unspecified atom stereocenters. The second-order valence-electron chi connectivity index (χ2n) is 16.7. The molecule has 2 bridgehead atoms. The fourth-order valence-corrected chi connectivity index (χ4v) is 11.4. The molecular formula is C48H50N2O8. The Kier molecular flexibility index (Phi) is 10.2. The number of aromatic nitrogens is 1. The standard InChI is InChI=1S/C48H50N2O8/c49-25-58-41-19-27(10-14-39(41)53)9-13-38(52)36-21-35-32(29-15-16-50-23-29)11-12-33-34-20-30(17-26-5-2-1-3-6-26)42(45(43(33)35)46(36)55)37-22-40(54)47(56)48(44(34)37)57-24-28-7-4-8-31(51)18-28/h1-8,10-12,14-16,18-19,22-23,30,32-36,42-43,45-46,50-51,53-56H,9,13,17,20-21,24-25,49H2. The molecule has 58 heavy (non-hydrogen) atoms. The van der Waals surface area contributed by atoms with Crippen LogP contribution >= 0.6 is 0 Å². The minimum atomic E-state index is -0.967. The summed E-state index contributed by atoms with van der Waals surface area (Å²) in [4.78, 5) is 17.8. The van der Waals surface area contributed by atoms with Gasteiger partial charge in [-0.1, -0.05) is 60.7 Å². The molecule has 8 N–H and O–H groups in total. The molecule has 1 heterocycles. The number of hydrogen-bond donors (Lipinski definition) is 7. The average molecular weight is 783 g/mol. The predicted molar refractivity (Wildman–Crippen MR) is 218 cm³/mol. The molecule has 5 aromatic rings. The summed E-state index contributed by atoms with van der Waals surface area (Å²) in [5.41, 5.74) is 11.1. The highest BCUT2D eigenvalue weighted by atomic mass is 16.5. The lowest BCUT2D eigenvalue weighted by molar-refractivity contribution is -0.137. The van der Waals surface area contributed by atoms with Gasteiger partial charge in [0, 0.05) is 36.2 Å². The molecule has 0 spiro atoms. The first-order valence-corrected chi connectivity index (χ1v) is 20.4. The van der Waals surface area contributed by atoms with Crippen molar-refractivity contribution in [3.05, 3.63) is 143 Å². The van der Waals surface area contributed by atoms with Crippen LogP contribution in [0.2, 0.25) is 0 Å². The van der Waals surface area contributed by atoms with E-state index in [0.717, 1.165) is 35.1 Å². The Morgan fingerprint density at radius 1 is 0.828 bits per heavy atom. The molecule has 4 aliphatic rings. The van der Waals surface area contributed by atoms with Gasteiger partial charge in [-0.25, -0.2) is 0 Å². The van der Waals surface area contributed by atoms with Crippen LogP contribution in [0.15, 0.2) is 109 Å². The Balaban J connectivity index is 1.15. The molecule has 300 valence electrons. The number of aliphatic hydroxyl groups excluding tert-OH is 1. The summed E-state index contributed by atoms with van der Waals surface area (Å²) < 4.78 is 11.9. The van der Waals surface area contributed by atoms with Crippen molar-refractivity contribution >= 4 is 5.78 Å². The van der Waals surface area contributed by atoms with Gasteiger partial charge in [-0.2, -0.15) is 0 Å². The van der Waals surface area contributed by atoms with E-state index in [1.165, 1.54) is 5.56 Å². The number of carbonyl (C=O) groups excluding carboxylic acids is 1. The van der Waals surface area contributed by atoms with Gasteiger partial charge in [-0.3, -0.25) is 10.5 Å². The first-order chi connectivity index (χ1) is 28.2. The minimum absolute atomic E-state index is 0.0107. The van der Waals surface area contributed by atoms with Crippen molar-refractivity contribution in [2.24, 2.45) is 41.2 Å². The number of nitrogens with two attached hydrogens (primary N) is 1. The van der Waals surface area contributed by atoms with Crippen LogP contribution < -0.4 is 15.2 Å². The number of phenolic OH excluding ortho intramolecular Hbond substituents is 4. The Morgan fingerprint density at radius 3 is 2.43 bits per heavy atom. The molecule has 0 saturated heterocycles. The number of fused-ring (bicyclic) bond motifs is 2. The van der Waals surface area contributed by atoms with Gasteiger partial charge in [0.15, 0.2) is 23.0 Å². The average Bonchev–Trinajstić information content (AvgIpc) is 3.68. The zero-order valence-electron chi connectivity index (χ0n) is 32.2. The number of allylic oxidation sites excluding steroid dienone is 2. The van der Waals surface area contributed by atoms with Gasteiger partial charge in [0.05, 0.1) is 6.10 Å². The maximum absolute atomic E-state index is 14.6. The van der Waals surface area contributed by atoms with Crippen LogP contribution in [0.25, 0.3) is 0 Å². The van der Waals surface area contributed by atoms with Crippen LogP contribution in [-0.2, 0) is 24.2 Å². The summed E-state index contributed by atoms with van der Waals surface area (Å²) in [5.74, 6) is -1.35. The molecule has 10 nitrogen and oxygen atoms in total. The number of aliphatic hydroxyl groups is 1. The number of aromatic amines is 1. The number of aromatic hydroxyl groups is 4. The van der Waals surface area contributed by atoms with Crippen LogP contribution in [0.4, 0.5) is 0 Å². The predicted octanol–water partition coefficient (Wildman–Crippen LogP) is 7.56. The number of nitrogens with one attached hydrogen (secondary N) is 1. The zero-order valence-corrected chi connectivity index (χ0v) is 32.2. The van der Waals surface area contributed by atoms with Crippen LogP contribution in [0.3, 0.4) is 0 Å². The van der Waals surface area contributed by atoms with Gasteiger partial charge in [0.1, 0.15) is 24.9 Å². The van der Waals surface area contributed by atoms with E-state index in [9.17, 15) is 30.3 Å². The van der Waals surface area contributed by atoms with E-state index in [0.29, 0.717) is 18.4 Å². The third-order valence-electron chi connectivity index (χ3n) is 13.7. The smallest absolute Gasteiger partial charge is 0.200 e. The topological polar surface area (TPSA) is 178 Å². The second-order valence-corrected chi connectivity index (χ2v) is 16.7. The lowest BCUT2D eigenvalue weighted by Gasteiger charge is -2.52. The Labute approximate surface area is 337 Å². The fourth-order valence-electron chi connectivity index (χ4n) is 11.4. The number of aryl methyl sites for hydroxylation is 1. The second kappa shape index (κ2) is 15.6. The first kappa shape index (κ1) is 37.8. The molecule has 0 radical (unpaired) electrons. The van der Waals surface area contributed by atoms with Gasteiger partial charge in [-0.05, 0) is 131 Å². The van der Waals surface area contributed by atoms with Crippen molar-refractivity contribution < 1.29 is 39.8 Å². The summed E-state index contributed by atoms with van der Waals surface area (Å²) in [5, 5.41) is 56.4. The molecular weight excluding hydrogens is 733 g/mol. The molecule has 4 aliphatic carbocycles. The normalized spacial score (nSPS) is 28.0. The summed E-state index contributed by atoms with van der Waals surface area (Å²) in [7, 11) is 0. The first-order valence-electron chi connectivity index (χ1n) is 20.4. The molecule has 1 fully saturated rings. The molecule has 10 heteroatoms. The van der Waals surface area contributed by atoms with E-state index in [2.05, 4.69) is 35.3 Å². The summed E-state index contributed by atoms with van der Waals surface area (Å²) in [6.07, 6.45) is 10.2. The molecule has 10 atom stereocenters. The molecule has 1 saturated carbocycles. The van der Waals surface area contributed by atoms with Gasteiger partial charge in [0.25, 0.3) is 0 Å². The molecule has 1 aromatic heterocycles. The SMILES string of the molecule is NCOc1cc(CCC(=O)C2CC3C(c4cc[nH]c4)C=CC4C5CC(Cc6ccccc6)C(c6cc(O)c(O)c(OCc7cccc(O)c7)c65)C(C2O)C43)ccc1O. The number of phenols is 4. The quantitative estimate of drug-likeness (QED) is 0.0382. The maximum Gasteiger partial charge on any atom is 0.200 e. The van der Waals surface area contributed by atoms with Crippen molar-refractivity contribution in [1.29, 1.82) is 0 Å².